The topological polar surface area (TPSA) is 87.7 Å². The molecule has 0 unspecified atom stereocenters. The summed E-state index contributed by atoms with van der Waals surface area (Å²) in [7, 11) is 0. The highest BCUT2D eigenvalue weighted by atomic mass is 16.5. The van der Waals surface area contributed by atoms with Gasteiger partial charge in [0.1, 0.15) is 23.3 Å². The number of benzene rings is 3. The quantitative estimate of drug-likeness (QED) is 0.400. The fourth-order valence-electron chi connectivity index (χ4n) is 7.58. The van der Waals surface area contributed by atoms with E-state index < -0.39 is 16.9 Å². The van der Waals surface area contributed by atoms with Crippen LogP contribution in [0.15, 0.2) is 85.5 Å². The van der Waals surface area contributed by atoms with Crippen molar-refractivity contribution in [3.8, 4) is 5.75 Å². The van der Waals surface area contributed by atoms with Crippen molar-refractivity contribution < 1.29 is 19.1 Å². The number of para-hydroxylation sites is 2. The zero-order chi connectivity index (χ0) is 26.1. The summed E-state index contributed by atoms with van der Waals surface area (Å²) in [6.45, 7) is 4.67. The van der Waals surface area contributed by atoms with Gasteiger partial charge in [-0.05, 0) is 61.3 Å². The number of amides is 2. The van der Waals surface area contributed by atoms with Gasteiger partial charge in [-0.25, -0.2) is 0 Å². The molecule has 4 aliphatic rings. The SMILES string of the molecule is C=CCOc1ccc(C(=O)[C@@H]2[C@H]3CCCN3[C@@]3(C(=O)Nc4ccccc43)[C@]23C(=O)Nc2ccccc23)cc1. The van der Waals surface area contributed by atoms with Crippen LogP contribution in [0.5, 0.6) is 5.75 Å². The Labute approximate surface area is 220 Å². The fraction of sp³-hybridized carbons (Fsp3) is 0.258. The Morgan fingerprint density at radius 2 is 1.61 bits per heavy atom. The number of ketones is 1. The molecule has 0 aliphatic carbocycles. The number of hydrogen-bond acceptors (Lipinski definition) is 5. The highest BCUT2D eigenvalue weighted by Gasteiger charge is 2.81. The van der Waals surface area contributed by atoms with Gasteiger partial charge in [0, 0.05) is 28.5 Å². The molecule has 38 heavy (non-hydrogen) atoms. The van der Waals surface area contributed by atoms with E-state index in [-0.39, 0.29) is 23.6 Å². The highest BCUT2D eigenvalue weighted by molar-refractivity contribution is 6.21. The van der Waals surface area contributed by atoms with Crippen LogP contribution in [0.25, 0.3) is 0 Å². The molecule has 3 aromatic rings. The first-order valence-electron chi connectivity index (χ1n) is 13.0. The second kappa shape index (κ2) is 8.13. The Morgan fingerprint density at radius 1 is 0.947 bits per heavy atom. The summed E-state index contributed by atoms with van der Waals surface area (Å²) < 4.78 is 5.62. The van der Waals surface area contributed by atoms with E-state index in [1.807, 2.05) is 48.5 Å². The molecule has 2 amide bonds. The van der Waals surface area contributed by atoms with Crippen LogP contribution >= 0.6 is 0 Å². The highest BCUT2D eigenvalue weighted by Crippen LogP contribution is 2.67. The number of Topliss-reactive ketones (excluding diaryl/α,β-unsaturated/α-hetero) is 1. The molecule has 4 atom stereocenters. The molecule has 7 nitrogen and oxygen atoms in total. The summed E-state index contributed by atoms with van der Waals surface area (Å²) in [6.07, 6.45) is 3.24. The molecule has 0 bridgehead atoms. The van der Waals surface area contributed by atoms with E-state index in [2.05, 4.69) is 22.1 Å². The number of fused-ring (bicyclic) bond motifs is 7. The average molecular weight is 506 g/mol. The molecule has 7 rings (SSSR count). The van der Waals surface area contributed by atoms with Crippen LogP contribution in [0.2, 0.25) is 0 Å². The third kappa shape index (κ3) is 2.64. The number of carbonyl (C=O) groups is 3. The molecule has 4 heterocycles. The van der Waals surface area contributed by atoms with Gasteiger partial charge in [0.2, 0.25) is 5.91 Å². The van der Waals surface area contributed by atoms with Crippen molar-refractivity contribution in [2.24, 2.45) is 5.92 Å². The number of ether oxygens (including phenoxy) is 1. The number of carbonyl (C=O) groups excluding carboxylic acids is 3. The van der Waals surface area contributed by atoms with Gasteiger partial charge in [-0.15, -0.1) is 0 Å². The number of nitrogens with zero attached hydrogens (tertiary/aromatic N) is 1. The van der Waals surface area contributed by atoms with E-state index in [4.69, 9.17) is 4.74 Å². The van der Waals surface area contributed by atoms with Crippen LogP contribution in [0, 0.1) is 5.92 Å². The van der Waals surface area contributed by atoms with Crippen LogP contribution in [0.1, 0.15) is 34.3 Å². The second-order valence-corrected chi connectivity index (χ2v) is 10.4. The summed E-state index contributed by atoms with van der Waals surface area (Å²) in [6, 6.07) is 21.8. The van der Waals surface area contributed by atoms with Gasteiger partial charge in [-0.3, -0.25) is 19.3 Å². The van der Waals surface area contributed by atoms with Crippen molar-refractivity contribution in [3.63, 3.8) is 0 Å². The van der Waals surface area contributed by atoms with Gasteiger partial charge >= 0.3 is 0 Å². The van der Waals surface area contributed by atoms with E-state index in [9.17, 15) is 14.4 Å². The Hall–Kier alpha value is -4.23. The molecular weight excluding hydrogens is 478 g/mol. The fourth-order valence-corrected chi connectivity index (χ4v) is 7.58. The second-order valence-electron chi connectivity index (χ2n) is 10.4. The molecule has 3 aromatic carbocycles. The predicted molar refractivity (Wildman–Crippen MR) is 143 cm³/mol. The lowest BCUT2D eigenvalue weighted by atomic mass is 9.57. The van der Waals surface area contributed by atoms with Crippen molar-refractivity contribution in [2.75, 3.05) is 23.8 Å². The first-order valence-corrected chi connectivity index (χ1v) is 13.0. The van der Waals surface area contributed by atoms with Crippen LogP contribution in [-0.2, 0) is 20.5 Å². The molecule has 7 heteroatoms. The Kier molecular flexibility index (Phi) is 4.91. The maximum Gasteiger partial charge on any atom is 0.251 e. The number of hydrogen-bond donors (Lipinski definition) is 2. The van der Waals surface area contributed by atoms with E-state index in [0.29, 0.717) is 41.4 Å². The average Bonchev–Trinajstić information content (AvgIpc) is 3.66. The lowest BCUT2D eigenvalue weighted by Gasteiger charge is -2.43. The smallest absolute Gasteiger partial charge is 0.251 e. The van der Waals surface area contributed by atoms with Crippen LogP contribution < -0.4 is 15.4 Å². The molecule has 0 radical (unpaired) electrons. The van der Waals surface area contributed by atoms with Gasteiger partial charge in [-0.2, -0.15) is 0 Å². The summed E-state index contributed by atoms with van der Waals surface area (Å²) in [5.41, 5.74) is 0.531. The van der Waals surface area contributed by atoms with Gasteiger partial charge in [0.05, 0.1) is 5.92 Å². The number of nitrogens with one attached hydrogen (secondary N) is 2. The molecule has 4 aliphatic heterocycles. The molecule has 2 fully saturated rings. The molecule has 0 aromatic heterocycles. The van der Waals surface area contributed by atoms with Crippen LogP contribution in [-0.4, -0.2) is 41.7 Å². The first kappa shape index (κ1) is 22.9. The van der Waals surface area contributed by atoms with Crippen molar-refractivity contribution in [2.45, 2.75) is 29.8 Å². The standard InChI is InChI=1S/C31H27N3O4/c1-2-18-38-20-15-13-19(14-16-20)27(35)26-25-12-7-17-34(25)31(22-9-4-6-11-24(22)33-29(31)37)30(26)21-8-3-5-10-23(21)32-28(30)36/h2-6,8-11,13-16,25-26H,1,7,12,17-18H2,(H,32,36)(H,33,37)/t25-,26+,30+,31+/m1/s1. The minimum atomic E-state index is -1.43. The van der Waals surface area contributed by atoms with Crippen molar-refractivity contribution in [1.29, 1.82) is 0 Å². The number of rotatable bonds is 5. The Bertz CT molecular complexity index is 1520. The maximum absolute atomic E-state index is 14.6. The summed E-state index contributed by atoms with van der Waals surface area (Å²) >= 11 is 0. The summed E-state index contributed by atoms with van der Waals surface area (Å²) in [5.74, 6) is -0.816. The number of anilines is 2. The van der Waals surface area contributed by atoms with Gasteiger partial charge in [0.15, 0.2) is 5.78 Å². The summed E-state index contributed by atoms with van der Waals surface area (Å²) in [5, 5.41) is 6.14. The van der Waals surface area contributed by atoms with Crippen molar-refractivity contribution in [3.05, 3.63) is 102 Å². The Morgan fingerprint density at radius 3 is 2.34 bits per heavy atom. The minimum Gasteiger partial charge on any atom is -0.490 e. The van der Waals surface area contributed by atoms with Crippen LogP contribution in [0.3, 0.4) is 0 Å². The van der Waals surface area contributed by atoms with Crippen molar-refractivity contribution in [1.82, 2.24) is 4.90 Å². The molecular formula is C31H27N3O4. The van der Waals surface area contributed by atoms with Crippen LogP contribution in [0.4, 0.5) is 11.4 Å². The van der Waals surface area contributed by atoms with E-state index in [1.165, 1.54) is 0 Å². The lowest BCUT2D eigenvalue weighted by molar-refractivity contribution is -0.137. The van der Waals surface area contributed by atoms with E-state index in [1.54, 1.807) is 30.3 Å². The molecule has 2 saturated heterocycles. The molecule has 2 N–H and O–H groups in total. The third-order valence-electron chi connectivity index (χ3n) is 8.79. The Balaban J connectivity index is 1.49. The van der Waals surface area contributed by atoms with Gasteiger partial charge < -0.3 is 15.4 Å². The zero-order valence-corrected chi connectivity index (χ0v) is 20.8. The van der Waals surface area contributed by atoms with E-state index >= 15 is 0 Å². The van der Waals surface area contributed by atoms with Gasteiger partial charge in [-0.1, -0.05) is 49.1 Å². The summed E-state index contributed by atoms with van der Waals surface area (Å²) in [4.78, 5) is 45.5. The van der Waals surface area contributed by atoms with Gasteiger partial charge in [0.25, 0.3) is 5.91 Å². The minimum absolute atomic E-state index is 0.141. The molecule has 2 spiro atoms. The largest absolute Gasteiger partial charge is 0.490 e. The maximum atomic E-state index is 14.6. The molecule has 190 valence electrons. The third-order valence-corrected chi connectivity index (χ3v) is 8.79. The zero-order valence-electron chi connectivity index (χ0n) is 20.8. The van der Waals surface area contributed by atoms with Crippen molar-refractivity contribution >= 4 is 29.0 Å². The normalized spacial score (nSPS) is 28.6. The predicted octanol–water partition coefficient (Wildman–Crippen LogP) is 4.27. The molecule has 0 saturated carbocycles. The monoisotopic (exact) mass is 505 g/mol. The van der Waals surface area contributed by atoms with E-state index in [0.717, 1.165) is 18.4 Å². The first-order chi connectivity index (χ1) is 18.5. The lowest BCUT2D eigenvalue weighted by Crippen LogP contribution is -2.62.